The maximum atomic E-state index is 9.17. The highest BCUT2D eigenvalue weighted by atomic mass is 15.1. The van der Waals surface area contributed by atoms with Crippen molar-refractivity contribution in [3.63, 3.8) is 0 Å². The Kier molecular flexibility index (Phi) is 3.87. The highest BCUT2D eigenvalue weighted by Crippen LogP contribution is 2.24. The molecule has 0 unspecified atom stereocenters. The van der Waals surface area contributed by atoms with Gasteiger partial charge in [0.05, 0.1) is 11.3 Å². The molecule has 0 aromatic heterocycles. The Morgan fingerprint density at radius 2 is 1.71 bits per heavy atom. The lowest BCUT2D eigenvalue weighted by molar-refractivity contribution is 0.556. The molecule has 1 saturated heterocycles. The van der Waals surface area contributed by atoms with E-state index >= 15 is 0 Å². The first-order valence-electron chi connectivity index (χ1n) is 6.36. The van der Waals surface area contributed by atoms with Crippen molar-refractivity contribution in [1.82, 2.24) is 0 Å². The van der Waals surface area contributed by atoms with Crippen LogP contribution in [0, 0.1) is 11.3 Å². The molecule has 90 valence electrons. The SMILES string of the molecule is N#Cc1cc(N)ccc1N1CCCCCCC1. The van der Waals surface area contributed by atoms with Crippen LogP contribution in [0.4, 0.5) is 11.4 Å². The fourth-order valence-corrected chi connectivity index (χ4v) is 2.41. The molecule has 0 radical (unpaired) electrons. The first kappa shape index (κ1) is 11.8. The minimum absolute atomic E-state index is 0.664. The summed E-state index contributed by atoms with van der Waals surface area (Å²) in [6, 6.07) is 7.89. The molecule has 3 heteroatoms. The van der Waals surface area contributed by atoms with Gasteiger partial charge in [-0.05, 0) is 31.0 Å². The molecule has 0 amide bonds. The summed E-state index contributed by atoms with van der Waals surface area (Å²) in [6.07, 6.45) is 6.38. The third-order valence-corrected chi connectivity index (χ3v) is 3.34. The molecule has 2 N–H and O–H groups in total. The summed E-state index contributed by atoms with van der Waals surface area (Å²) in [5, 5.41) is 9.17. The Morgan fingerprint density at radius 3 is 2.35 bits per heavy atom. The van der Waals surface area contributed by atoms with Crippen LogP contribution in [0.2, 0.25) is 0 Å². The zero-order valence-corrected chi connectivity index (χ0v) is 10.2. The molecule has 2 rings (SSSR count). The second-order valence-corrected chi connectivity index (χ2v) is 4.64. The van der Waals surface area contributed by atoms with Gasteiger partial charge in [0.15, 0.2) is 0 Å². The van der Waals surface area contributed by atoms with Crippen LogP contribution in [0.25, 0.3) is 0 Å². The van der Waals surface area contributed by atoms with E-state index in [0.717, 1.165) is 18.8 Å². The molecule has 0 bridgehead atoms. The third kappa shape index (κ3) is 2.91. The van der Waals surface area contributed by atoms with Gasteiger partial charge in [0, 0.05) is 18.8 Å². The van der Waals surface area contributed by atoms with Crippen LogP contribution in [0.15, 0.2) is 18.2 Å². The highest BCUT2D eigenvalue weighted by molar-refractivity contribution is 5.64. The Labute approximate surface area is 103 Å². The average molecular weight is 229 g/mol. The molecule has 1 fully saturated rings. The van der Waals surface area contributed by atoms with Crippen molar-refractivity contribution in [1.29, 1.82) is 5.26 Å². The van der Waals surface area contributed by atoms with Gasteiger partial charge >= 0.3 is 0 Å². The Morgan fingerprint density at radius 1 is 1.06 bits per heavy atom. The van der Waals surface area contributed by atoms with Gasteiger partial charge in [-0.25, -0.2) is 0 Å². The largest absolute Gasteiger partial charge is 0.399 e. The molecule has 1 aliphatic heterocycles. The molecular weight excluding hydrogens is 210 g/mol. The number of nitrogens with zero attached hydrogens (tertiary/aromatic N) is 2. The van der Waals surface area contributed by atoms with Crippen LogP contribution in [-0.4, -0.2) is 13.1 Å². The highest BCUT2D eigenvalue weighted by Gasteiger charge is 2.12. The van der Waals surface area contributed by atoms with Crippen molar-refractivity contribution in [2.75, 3.05) is 23.7 Å². The lowest BCUT2D eigenvalue weighted by Crippen LogP contribution is -2.27. The summed E-state index contributed by atoms with van der Waals surface area (Å²) < 4.78 is 0. The third-order valence-electron chi connectivity index (χ3n) is 3.34. The van der Waals surface area contributed by atoms with E-state index in [1.807, 2.05) is 12.1 Å². The van der Waals surface area contributed by atoms with Crippen LogP contribution in [0.1, 0.15) is 37.7 Å². The fraction of sp³-hybridized carbons (Fsp3) is 0.500. The summed E-state index contributed by atoms with van der Waals surface area (Å²) in [7, 11) is 0. The molecule has 0 spiro atoms. The molecule has 0 saturated carbocycles. The van der Waals surface area contributed by atoms with E-state index in [-0.39, 0.29) is 0 Å². The van der Waals surface area contributed by atoms with E-state index in [2.05, 4.69) is 11.0 Å². The maximum absolute atomic E-state index is 9.17. The molecule has 1 aromatic carbocycles. The van der Waals surface area contributed by atoms with Crippen molar-refractivity contribution >= 4 is 11.4 Å². The van der Waals surface area contributed by atoms with Crippen LogP contribution in [-0.2, 0) is 0 Å². The van der Waals surface area contributed by atoms with E-state index in [1.54, 1.807) is 6.07 Å². The summed E-state index contributed by atoms with van der Waals surface area (Å²) in [4.78, 5) is 2.33. The second-order valence-electron chi connectivity index (χ2n) is 4.64. The number of nitrogens with two attached hydrogens (primary N) is 1. The predicted octanol–water partition coefficient (Wildman–Crippen LogP) is 2.91. The summed E-state index contributed by atoms with van der Waals surface area (Å²) in [5.41, 5.74) is 8.13. The van der Waals surface area contributed by atoms with Crippen LogP contribution in [0.5, 0.6) is 0 Å². The fourth-order valence-electron chi connectivity index (χ4n) is 2.41. The first-order chi connectivity index (χ1) is 8.31. The van der Waals surface area contributed by atoms with E-state index in [4.69, 9.17) is 11.0 Å². The lowest BCUT2D eigenvalue weighted by Gasteiger charge is -2.27. The van der Waals surface area contributed by atoms with Crippen LogP contribution in [0.3, 0.4) is 0 Å². The van der Waals surface area contributed by atoms with E-state index in [0.29, 0.717) is 11.3 Å². The van der Waals surface area contributed by atoms with Gasteiger partial charge in [0.2, 0.25) is 0 Å². The first-order valence-corrected chi connectivity index (χ1v) is 6.36. The summed E-state index contributed by atoms with van der Waals surface area (Å²) >= 11 is 0. The monoisotopic (exact) mass is 229 g/mol. The normalized spacial score (nSPS) is 17.0. The minimum Gasteiger partial charge on any atom is -0.399 e. The van der Waals surface area contributed by atoms with Crippen LogP contribution < -0.4 is 10.6 Å². The quantitative estimate of drug-likeness (QED) is 0.753. The number of anilines is 2. The van der Waals surface area contributed by atoms with Gasteiger partial charge in [-0.3, -0.25) is 0 Å². The Bertz CT molecular complexity index is 412. The molecule has 1 aromatic rings. The average Bonchev–Trinajstić information content (AvgIpc) is 2.29. The van der Waals surface area contributed by atoms with Crippen molar-refractivity contribution in [2.45, 2.75) is 32.1 Å². The smallest absolute Gasteiger partial charge is 0.101 e. The molecule has 1 aliphatic rings. The number of nitrogen functional groups attached to an aromatic ring is 1. The van der Waals surface area contributed by atoms with Gasteiger partial charge in [0.1, 0.15) is 6.07 Å². The van der Waals surface area contributed by atoms with E-state index < -0.39 is 0 Å². The lowest BCUT2D eigenvalue weighted by atomic mass is 10.1. The van der Waals surface area contributed by atoms with Gasteiger partial charge in [-0.15, -0.1) is 0 Å². The second kappa shape index (κ2) is 5.58. The van der Waals surface area contributed by atoms with Gasteiger partial charge in [0.25, 0.3) is 0 Å². The molecule has 3 nitrogen and oxygen atoms in total. The van der Waals surface area contributed by atoms with E-state index in [1.165, 1.54) is 32.1 Å². The number of benzene rings is 1. The number of rotatable bonds is 1. The van der Waals surface area contributed by atoms with Gasteiger partial charge in [-0.1, -0.05) is 19.3 Å². The van der Waals surface area contributed by atoms with Gasteiger partial charge in [-0.2, -0.15) is 5.26 Å². The molecule has 17 heavy (non-hydrogen) atoms. The number of hydrogen-bond donors (Lipinski definition) is 1. The maximum Gasteiger partial charge on any atom is 0.101 e. The summed E-state index contributed by atoms with van der Waals surface area (Å²) in [6.45, 7) is 2.11. The molecular formula is C14H19N3. The topological polar surface area (TPSA) is 53.1 Å². The Hall–Kier alpha value is -1.69. The van der Waals surface area contributed by atoms with Crippen molar-refractivity contribution in [3.8, 4) is 6.07 Å². The molecule has 0 atom stereocenters. The Balaban J connectivity index is 2.22. The zero-order chi connectivity index (χ0) is 12.1. The van der Waals surface area contributed by atoms with Crippen molar-refractivity contribution in [2.24, 2.45) is 0 Å². The zero-order valence-electron chi connectivity index (χ0n) is 10.2. The molecule has 1 heterocycles. The van der Waals surface area contributed by atoms with Crippen LogP contribution >= 0.6 is 0 Å². The summed E-state index contributed by atoms with van der Waals surface area (Å²) in [5.74, 6) is 0. The predicted molar refractivity (Wildman–Crippen MR) is 70.9 cm³/mol. The van der Waals surface area contributed by atoms with Gasteiger partial charge < -0.3 is 10.6 Å². The number of hydrogen-bond acceptors (Lipinski definition) is 3. The molecule has 0 aliphatic carbocycles. The van der Waals surface area contributed by atoms with Crippen molar-refractivity contribution in [3.05, 3.63) is 23.8 Å². The minimum atomic E-state index is 0.664. The standard InChI is InChI=1S/C14H19N3/c15-11-12-10-13(16)6-7-14(12)17-8-4-2-1-3-5-9-17/h6-7,10H,1-5,8-9,16H2. The van der Waals surface area contributed by atoms with Crippen molar-refractivity contribution < 1.29 is 0 Å². The number of nitriles is 1. The van der Waals surface area contributed by atoms with E-state index in [9.17, 15) is 0 Å².